The molecule has 0 spiro atoms. The zero-order chi connectivity index (χ0) is 19.3. The third kappa shape index (κ3) is 2.58. The summed E-state index contributed by atoms with van der Waals surface area (Å²) in [6.45, 7) is 3.74. The average molecular weight is 397 g/mol. The topological polar surface area (TPSA) is 43.8 Å². The van der Waals surface area contributed by atoms with E-state index in [2.05, 4.69) is 29.2 Å². The van der Waals surface area contributed by atoms with Crippen LogP contribution in [0, 0.1) is 11.8 Å². The van der Waals surface area contributed by atoms with Gasteiger partial charge in [0.1, 0.15) is 5.54 Å². The highest BCUT2D eigenvalue weighted by molar-refractivity contribution is 6.30. The number of hydrogen-bond donors (Lipinski definition) is 1. The molecular formula is C23H25ClN2O2. The highest BCUT2D eigenvalue weighted by Gasteiger charge is 2.56. The van der Waals surface area contributed by atoms with Crippen molar-refractivity contribution >= 4 is 17.7 Å². The Balaban J connectivity index is 1.79. The van der Waals surface area contributed by atoms with Crippen molar-refractivity contribution in [2.45, 2.75) is 24.8 Å². The Labute approximate surface area is 170 Å². The van der Waals surface area contributed by atoms with Gasteiger partial charge in [0.2, 0.25) is 0 Å². The number of fused-ring (bicyclic) bond motifs is 4. The summed E-state index contributed by atoms with van der Waals surface area (Å²) in [7, 11) is 0. The maximum Gasteiger partial charge on any atom is 0.408 e. The van der Waals surface area contributed by atoms with Gasteiger partial charge in [0, 0.05) is 24.0 Å². The molecular weight excluding hydrogens is 372 g/mol. The number of benzene rings is 2. The van der Waals surface area contributed by atoms with E-state index in [1.807, 2.05) is 24.3 Å². The molecule has 5 heteroatoms. The predicted octanol–water partition coefficient (Wildman–Crippen LogP) is 4.46. The first kappa shape index (κ1) is 18.0. The Morgan fingerprint density at radius 2 is 1.75 bits per heavy atom. The summed E-state index contributed by atoms with van der Waals surface area (Å²) in [6.07, 6.45) is 2.23. The highest BCUT2D eigenvalue weighted by Crippen LogP contribution is 2.53. The zero-order valence-corrected chi connectivity index (χ0v) is 16.6. The quantitative estimate of drug-likeness (QED) is 0.814. The van der Waals surface area contributed by atoms with Gasteiger partial charge in [0.25, 0.3) is 0 Å². The molecule has 4 nitrogen and oxygen atoms in total. The second-order valence-corrected chi connectivity index (χ2v) is 8.80. The standard InChI is InChI=1S/C23H25ClN2O2/c24-19-7-5-18(6-8-19)23(21-15-25-12-9-17(21)10-13-25)20-4-2-1-3-16(20)11-14-26(23)22(27)28/h1-8,17,21H,9-15H2,(H,27,28). The summed E-state index contributed by atoms with van der Waals surface area (Å²) in [5.74, 6) is 0.780. The van der Waals surface area contributed by atoms with Crippen molar-refractivity contribution in [2.75, 3.05) is 26.2 Å². The zero-order valence-electron chi connectivity index (χ0n) is 15.9. The number of hydrogen-bond acceptors (Lipinski definition) is 2. The van der Waals surface area contributed by atoms with Gasteiger partial charge in [0.15, 0.2) is 0 Å². The van der Waals surface area contributed by atoms with E-state index in [9.17, 15) is 9.90 Å². The molecule has 4 heterocycles. The van der Waals surface area contributed by atoms with Crippen LogP contribution in [0.1, 0.15) is 29.5 Å². The van der Waals surface area contributed by atoms with E-state index in [0.29, 0.717) is 17.5 Å². The summed E-state index contributed by atoms with van der Waals surface area (Å²) in [6, 6.07) is 16.3. The van der Waals surface area contributed by atoms with Crippen LogP contribution in [-0.4, -0.2) is 47.2 Å². The number of rotatable bonds is 2. The van der Waals surface area contributed by atoms with Crippen LogP contribution in [-0.2, 0) is 12.0 Å². The number of carboxylic acid groups (broad SMARTS) is 1. The van der Waals surface area contributed by atoms with Gasteiger partial charge in [-0.25, -0.2) is 4.79 Å². The molecule has 1 amide bonds. The third-order valence-corrected chi connectivity index (χ3v) is 7.42. The van der Waals surface area contributed by atoms with Crippen LogP contribution in [0.15, 0.2) is 48.5 Å². The molecule has 3 fully saturated rings. The fourth-order valence-corrected chi connectivity index (χ4v) is 6.10. The molecule has 4 aliphatic heterocycles. The van der Waals surface area contributed by atoms with Gasteiger partial charge >= 0.3 is 6.09 Å². The van der Waals surface area contributed by atoms with E-state index in [4.69, 9.17) is 11.6 Å². The Morgan fingerprint density at radius 3 is 2.39 bits per heavy atom. The summed E-state index contributed by atoms with van der Waals surface area (Å²) in [5.41, 5.74) is 2.82. The first-order valence-corrected chi connectivity index (χ1v) is 10.6. The molecule has 2 unspecified atom stereocenters. The first-order valence-electron chi connectivity index (χ1n) is 10.2. The van der Waals surface area contributed by atoms with E-state index in [1.165, 1.54) is 5.56 Å². The number of amides is 1. The van der Waals surface area contributed by atoms with Crippen molar-refractivity contribution in [1.82, 2.24) is 9.80 Å². The maximum absolute atomic E-state index is 12.6. The van der Waals surface area contributed by atoms with Crippen molar-refractivity contribution < 1.29 is 9.90 Å². The molecule has 0 radical (unpaired) electrons. The summed E-state index contributed by atoms with van der Waals surface area (Å²) in [4.78, 5) is 16.8. The minimum Gasteiger partial charge on any atom is -0.465 e. The van der Waals surface area contributed by atoms with Gasteiger partial charge < -0.3 is 10.0 Å². The predicted molar refractivity (Wildman–Crippen MR) is 110 cm³/mol. The van der Waals surface area contributed by atoms with Gasteiger partial charge in [-0.1, -0.05) is 48.0 Å². The molecule has 0 aliphatic carbocycles. The van der Waals surface area contributed by atoms with Crippen LogP contribution >= 0.6 is 11.6 Å². The van der Waals surface area contributed by atoms with Gasteiger partial charge in [-0.05, 0) is 67.1 Å². The van der Waals surface area contributed by atoms with Crippen LogP contribution < -0.4 is 0 Å². The van der Waals surface area contributed by atoms with Crippen molar-refractivity contribution in [3.05, 3.63) is 70.2 Å². The number of piperidine rings is 3. The Kier molecular flexibility index (Phi) is 4.37. The largest absolute Gasteiger partial charge is 0.465 e. The molecule has 1 N–H and O–H groups in total. The lowest BCUT2D eigenvalue weighted by molar-refractivity contribution is -0.0422. The van der Waals surface area contributed by atoms with Crippen molar-refractivity contribution in [3.63, 3.8) is 0 Å². The lowest BCUT2D eigenvalue weighted by atomic mass is 9.60. The van der Waals surface area contributed by atoms with Gasteiger partial charge in [-0.3, -0.25) is 4.90 Å². The molecule has 2 aromatic carbocycles. The van der Waals surface area contributed by atoms with E-state index < -0.39 is 11.6 Å². The highest BCUT2D eigenvalue weighted by atomic mass is 35.5. The molecule has 28 heavy (non-hydrogen) atoms. The monoisotopic (exact) mass is 396 g/mol. The van der Waals surface area contributed by atoms with Gasteiger partial charge in [-0.15, -0.1) is 0 Å². The number of halogens is 1. The minimum absolute atomic E-state index is 0.244. The Bertz CT molecular complexity index is 892. The SMILES string of the molecule is O=C(O)N1CCc2ccccc2C1(c1ccc(Cl)cc1)C1CN2CCC1CC2. The summed E-state index contributed by atoms with van der Waals surface area (Å²) >= 11 is 6.21. The molecule has 3 saturated heterocycles. The molecule has 0 aromatic heterocycles. The molecule has 6 rings (SSSR count). The normalized spacial score (nSPS) is 31.5. The van der Waals surface area contributed by atoms with Crippen LogP contribution in [0.2, 0.25) is 5.02 Å². The van der Waals surface area contributed by atoms with Gasteiger partial charge in [-0.2, -0.15) is 0 Å². The number of nitrogens with zero attached hydrogens (tertiary/aromatic N) is 2. The molecule has 2 atom stereocenters. The minimum atomic E-state index is -0.832. The van der Waals surface area contributed by atoms with Crippen molar-refractivity contribution in [1.29, 1.82) is 0 Å². The van der Waals surface area contributed by atoms with Crippen LogP contribution in [0.25, 0.3) is 0 Å². The third-order valence-electron chi connectivity index (χ3n) is 7.17. The van der Waals surface area contributed by atoms with E-state index in [1.54, 1.807) is 4.90 Å². The first-order chi connectivity index (χ1) is 13.6. The second kappa shape index (κ2) is 6.78. The molecule has 2 bridgehead atoms. The fourth-order valence-electron chi connectivity index (χ4n) is 5.98. The summed E-state index contributed by atoms with van der Waals surface area (Å²) in [5, 5.41) is 11.0. The average Bonchev–Trinajstić information content (AvgIpc) is 2.74. The van der Waals surface area contributed by atoms with Crippen molar-refractivity contribution in [2.24, 2.45) is 11.8 Å². The van der Waals surface area contributed by atoms with E-state index in [-0.39, 0.29) is 5.92 Å². The number of carbonyl (C=O) groups is 1. The summed E-state index contributed by atoms with van der Waals surface area (Å²) < 4.78 is 0. The van der Waals surface area contributed by atoms with Gasteiger partial charge in [0.05, 0.1) is 0 Å². The fraction of sp³-hybridized carbons (Fsp3) is 0.435. The molecule has 2 aromatic rings. The Morgan fingerprint density at radius 1 is 1.04 bits per heavy atom. The van der Waals surface area contributed by atoms with Crippen molar-refractivity contribution in [3.8, 4) is 0 Å². The van der Waals surface area contributed by atoms with Crippen LogP contribution in [0.5, 0.6) is 0 Å². The lowest BCUT2D eigenvalue weighted by Crippen LogP contribution is -2.64. The van der Waals surface area contributed by atoms with E-state index in [0.717, 1.165) is 50.0 Å². The molecule has 4 aliphatic rings. The maximum atomic E-state index is 12.6. The van der Waals surface area contributed by atoms with Crippen LogP contribution in [0.3, 0.4) is 0 Å². The molecule has 0 saturated carbocycles. The van der Waals surface area contributed by atoms with E-state index >= 15 is 0 Å². The smallest absolute Gasteiger partial charge is 0.408 e. The lowest BCUT2D eigenvalue weighted by Gasteiger charge is -2.58. The Hall–Kier alpha value is -2.04. The van der Waals surface area contributed by atoms with Crippen LogP contribution in [0.4, 0.5) is 4.79 Å². The molecule has 146 valence electrons. The second-order valence-electron chi connectivity index (χ2n) is 8.36.